The standard InChI is InChI=1S/C22H27N3O3/c1-5-12-24(13-6-2)21(26)18-15(4)20-19(22(27)28-7-3)23-14-25(20)17-11-9-8-10-16(17)18/h8-11,14H,5-7,12-13H2,1-4H3. The van der Waals surface area contributed by atoms with Crippen LogP contribution in [-0.2, 0) is 4.74 Å². The Morgan fingerprint density at radius 2 is 1.79 bits per heavy atom. The molecule has 3 rings (SSSR count). The molecule has 0 saturated heterocycles. The second-order valence-corrected chi connectivity index (χ2v) is 6.84. The maximum absolute atomic E-state index is 13.5. The van der Waals surface area contributed by atoms with Crippen LogP contribution in [0.4, 0.5) is 0 Å². The number of benzene rings is 1. The van der Waals surface area contributed by atoms with Crippen LogP contribution in [0.25, 0.3) is 16.4 Å². The molecule has 148 valence electrons. The van der Waals surface area contributed by atoms with E-state index in [1.165, 1.54) is 0 Å². The lowest BCUT2D eigenvalue weighted by molar-refractivity contribution is 0.0522. The number of hydrogen-bond donors (Lipinski definition) is 0. The number of hydrogen-bond acceptors (Lipinski definition) is 4. The highest BCUT2D eigenvalue weighted by Crippen LogP contribution is 2.30. The van der Waals surface area contributed by atoms with E-state index < -0.39 is 5.97 Å². The van der Waals surface area contributed by atoms with Crippen molar-refractivity contribution in [3.63, 3.8) is 0 Å². The summed E-state index contributed by atoms with van der Waals surface area (Å²) in [6.45, 7) is 9.47. The van der Waals surface area contributed by atoms with Crippen molar-refractivity contribution in [3.8, 4) is 0 Å². The molecule has 1 aromatic carbocycles. The van der Waals surface area contributed by atoms with Crippen molar-refractivity contribution in [2.24, 2.45) is 0 Å². The van der Waals surface area contributed by atoms with Crippen molar-refractivity contribution < 1.29 is 14.3 Å². The van der Waals surface area contributed by atoms with Crippen LogP contribution in [0.2, 0.25) is 0 Å². The fraction of sp³-hybridized carbons (Fsp3) is 0.409. The number of esters is 1. The predicted octanol–water partition coefficient (Wildman–Crippen LogP) is 4.23. The predicted molar refractivity (Wildman–Crippen MR) is 110 cm³/mol. The number of rotatable bonds is 7. The fourth-order valence-electron chi connectivity index (χ4n) is 3.74. The number of aryl methyl sites for hydroxylation is 1. The Kier molecular flexibility index (Phi) is 5.97. The van der Waals surface area contributed by atoms with E-state index in [1.807, 2.05) is 40.5 Å². The lowest BCUT2D eigenvalue weighted by atomic mass is 10.00. The molecule has 0 saturated carbocycles. The molecular weight excluding hydrogens is 354 g/mol. The van der Waals surface area contributed by atoms with Crippen molar-refractivity contribution in [1.82, 2.24) is 14.3 Å². The van der Waals surface area contributed by atoms with Crippen molar-refractivity contribution >= 4 is 28.3 Å². The minimum atomic E-state index is -0.472. The summed E-state index contributed by atoms with van der Waals surface area (Å²) in [5, 5.41) is 0.863. The number of carbonyl (C=O) groups excluding carboxylic acids is 2. The third kappa shape index (κ3) is 3.35. The van der Waals surface area contributed by atoms with Gasteiger partial charge in [-0.15, -0.1) is 0 Å². The number of nitrogens with zero attached hydrogens (tertiary/aromatic N) is 3. The molecule has 6 nitrogen and oxygen atoms in total. The first-order valence-corrected chi connectivity index (χ1v) is 9.89. The van der Waals surface area contributed by atoms with Gasteiger partial charge in [0.2, 0.25) is 0 Å². The highest BCUT2D eigenvalue weighted by Gasteiger charge is 2.25. The Balaban J connectivity index is 2.31. The van der Waals surface area contributed by atoms with Crippen LogP contribution in [0.5, 0.6) is 0 Å². The number of aromatic nitrogens is 2. The van der Waals surface area contributed by atoms with Gasteiger partial charge in [-0.25, -0.2) is 9.78 Å². The molecule has 0 aliphatic rings. The maximum atomic E-state index is 13.5. The Morgan fingerprint density at radius 3 is 2.43 bits per heavy atom. The lowest BCUT2D eigenvalue weighted by Gasteiger charge is -2.24. The second-order valence-electron chi connectivity index (χ2n) is 6.84. The first-order valence-electron chi connectivity index (χ1n) is 9.89. The monoisotopic (exact) mass is 381 g/mol. The molecule has 0 bridgehead atoms. The van der Waals surface area contributed by atoms with Gasteiger partial charge in [0.25, 0.3) is 5.91 Å². The van der Waals surface area contributed by atoms with Crippen molar-refractivity contribution in [2.75, 3.05) is 19.7 Å². The summed E-state index contributed by atoms with van der Waals surface area (Å²) >= 11 is 0. The quantitative estimate of drug-likeness (QED) is 0.575. The van der Waals surface area contributed by atoms with Crippen LogP contribution in [0.15, 0.2) is 30.6 Å². The Hall–Kier alpha value is -2.89. The van der Waals surface area contributed by atoms with Gasteiger partial charge in [-0.3, -0.25) is 9.20 Å². The molecule has 2 aromatic heterocycles. The maximum Gasteiger partial charge on any atom is 0.359 e. The van der Waals surface area contributed by atoms with Crippen LogP contribution < -0.4 is 0 Å². The third-order valence-corrected chi connectivity index (χ3v) is 4.89. The van der Waals surface area contributed by atoms with Gasteiger partial charge in [-0.2, -0.15) is 0 Å². The van der Waals surface area contributed by atoms with Crippen molar-refractivity contribution in [1.29, 1.82) is 0 Å². The summed E-state index contributed by atoms with van der Waals surface area (Å²) in [5.41, 5.74) is 3.12. The number of pyridine rings is 1. The molecular formula is C22H27N3O3. The normalized spacial score (nSPS) is 11.1. The molecule has 2 heterocycles. The first kappa shape index (κ1) is 19.9. The Morgan fingerprint density at radius 1 is 1.11 bits per heavy atom. The van der Waals surface area contributed by atoms with Gasteiger partial charge in [-0.05, 0) is 38.3 Å². The van der Waals surface area contributed by atoms with E-state index in [0.717, 1.165) is 29.3 Å². The largest absolute Gasteiger partial charge is 0.461 e. The van der Waals surface area contributed by atoms with Crippen LogP contribution in [0.1, 0.15) is 60.0 Å². The summed E-state index contributed by atoms with van der Waals surface area (Å²) in [5.74, 6) is -0.475. The van der Waals surface area contributed by atoms with Gasteiger partial charge in [0.05, 0.1) is 23.2 Å². The lowest BCUT2D eigenvalue weighted by Crippen LogP contribution is -2.33. The van der Waals surface area contributed by atoms with Crippen LogP contribution in [0.3, 0.4) is 0 Å². The van der Waals surface area contributed by atoms with E-state index >= 15 is 0 Å². The topological polar surface area (TPSA) is 63.9 Å². The third-order valence-electron chi connectivity index (χ3n) is 4.89. The minimum absolute atomic E-state index is 0.00379. The summed E-state index contributed by atoms with van der Waals surface area (Å²) < 4.78 is 7.05. The average Bonchev–Trinajstić information content (AvgIpc) is 3.14. The zero-order valence-corrected chi connectivity index (χ0v) is 17.0. The van der Waals surface area contributed by atoms with Gasteiger partial charge in [0.1, 0.15) is 6.33 Å². The highest BCUT2D eigenvalue weighted by atomic mass is 16.5. The van der Waals surface area contributed by atoms with E-state index in [0.29, 0.717) is 24.2 Å². The zero-order chi connectivity index (χ0) is 20.3. The van der Waals surface area contributed by atoms with Crippen LogP contribution in [0, 0.1) is 6.92 Å². The highest BCUT2D eigenvalue weighted by molar-refractivity contribution is 6.11. The molecule has 1 amide bonds. The van der Waals surface area contributed by atoms with Gasteiger partial charge in [-0.1, -0.05) is 32.0 Å². The van der Waals surface area contributed by atoms with Crippen molar-refractivity contribution in [2.45, 2.75) is 40.5 Å². The van der Waals surface area contributed by atoms with E-state index in [4.69, 9.17) is 4.74 Å². The summed E-state index contributed by atoms with van der Waals surface area (Å²) in [4.78, 5) is 32.1. The van der Waals surface area contributed by atoms with Gasteiger partial charge < -0.3 is 9.64 Å². The van der Waals surface area contributed by atoms with Crippen molar-refractivity contribution in [3.05, 3.63) is 47.4 Å². The number of ether oxygens (including phenoxy) is 1. The van der Waals surface area contributed by atoms with E-state index in [-0.39, 0.29) is 18.2 Å². The number of carbonyl (C=O) groups is 2. The summed E-state index contributed by atoms with van der Waals surface area (Å²) in [7, 11) is 0. The SMILES string of the molecule is CCCN(CCC)C(=O)c1c(C)c2c(C(=O)OCC)ncn2c2ccccc12. The van der Waals surface area contributed by atoms with Gasteiger partial charge in [0.15, 0.2) is 5.69 Å². The van der Waals surface area contributed by atoms with Crippen LogP contribution in [-0.4, -0.2) is 45.9 Å². The smallest absolute Gasteiger partial charge is 0.359 e. The number of fused-ring (bicyclic) bond motifs is 3. The zero-order valence-electron chi connectivity index (χ0n) is 17.0. The molecule has 0 fully saturated rings. The average molecular weight is 381 g/mol. The molecule has 0 N–H and O–H groups in total. The number of imidazole rings is 1. The molecule has 0 unspecified atom stereocenters. The van der Waals surface area contributed by atoms with Crippen LogP contribution >= 0.6 is 0 Å². The summed E-state index contributed by atoms with van der Waals surface area (Å²) in [6.07, 6.45) is 3.42. The van der Waals surface area contributed by atoms with E-state index in [1.54, 1.807) is 13.3 Å². The Bertz CT molecular complexity index is 1020. The molecule has 28 heavy (non-hydrogen) atoms. The molecule has 0 spiro atoms. The first-order chi connectivity index (χ1) is 13.5. The Labute approximate surface area is 165 Å². The fourth-order valence-corrected chi connectivity index (χ4v) is 3.74. The van der Waals surface area contributed by atoms with Gasteiger partial charge in [0, 0.05) is 18.5 Å². The molecule has 0 aliphatic carbocycles. The second kappa shape index (κ2) is 8.42. The summed E-state index contributed by atoms with van der Waals surface area (Å²) in [6, 6.07) is 7.75. The molecule has 3 aromatic rings. The molecule has 0 atom stereocenters. The van der Waals surface area contributed by atoms with E-state index in [9.17, 15) is 9.59 Å². The molecule has 0 aliphatic heterocycles. The number of amides is 1. The van der Waals surface area contributed by atoms with Gasteiger partial charge >= 0.3 is 5.97 Å². The molecule has 0 radical (unpaired) electrons. The van der Waals surface area contributed by atoms with E-state index in [2.05, 4.69) is 18.8 Å². The number of para-hydroxylation sites is 1. The minimum Gasteiger partial charge on any atom is -0.461 e. The molecule has 6 heteroatoms.